The van der Waals surface area contributed by atoms with Crippen molar-refractivity contribution < 1.29 is 18.8 Å². The summed E-state index contributed by atoms with van der Waals surface area (Å²) in [6, 6.07) is 10.0. The van der Waals surface area contributed by atoms with E-state index < -0.39 is 11.9 Å². The van der Waals surface area contributed by atoms with E-state index in [1.165, 1.54) is 12.1 Å². The van der Waals surface area contributed by atoms with Crippen LogP contribution < -0.4 is 21.3 Å². The maximum atomic E-state index is 13.5. The Kier molecular flexibility index (Phi) is 7.02. The zero-order chi connectivity index (χ0) is 22.5. The Morgan fingerprint density at radius 2 is 1.94 bits per heavy atom. The van der Waals surface area contributed by atoms with Crippen molar-refractivity contribution in [1.29, 1.82) is 0 Å². The molecule has 1 atom stereocenters. The number of carbonyl (C=O) groups is 3. The van der Waals surface area contributed by atoms with Gasteiger partial charge in [-0.15, -0.1) is 0 Å². The van der Waals surface area contributed by atoms with Crippen LogP contribution in [0.1, 0.15) is 48.7 Å². The molecule has 0 saturated heterocycles. The van der Waals surface area contributed by atoms with Crippen molar-refractivity contribution in [2.75, 3.05) is 23.3 Å². The molecule has 164 valence electrons. The lowest BCUT2D eigenvalue weighted by Gasteiger charge is -2.31. The van der Waals surface area contributed by atoms with Gasteiger partial charge in [0.15, 0.2) is 0 Å². The first kappa shape index (κ1) is 22.4. The first-order valence-electron chi connectivity index (χ1n) is 10.3. The molecule has 0 saturated carbocycles. The number of nitrogens with one attached hydrogen (secondary N) is 2. The second-order valence-electron chi connectivity index (χ2n) is 7.96. The minimum absolute atomic E-state index is 0.0127. The molecule has 1 heterocycles. The van der Waals surface area contributed by atoms with Gasteiger partial charge in [0.2, 0.25) is 11.8 Å². The molecule has 8 heteroatoms. The Labute approximate surface area is 180 Å². The van der Waals surface area contributed by atoms with E-state index >= 15 is 0 Å². The molecule has 0 radical (unpaired) electrons. The topological polar surface area (TPSA) is 105 Å². The zero-order valence-electron chi connectivity index (χ0n) is 17.7. The summed E-state index contributed by atoms with van der Waals surface area (Å²) in [5.74, 6) is -1.05. The molecule has 4 N–H and O–H groups in total. The normalized spacial score (nSPS) is 15.8. The molecule has 0 bridgehead atoms. The fraction of sp³-hybridized carbons (Fsp3) is 0.348. The third-order valence-corrected chi connectivity index (χ3v) is 5.02. The molecule has 0 aromatic heterocycles. The van der Waals surface area contributed by atoms with Crippen LogP contribution in [0.5, 0.6) is 0 Å². The Morgan fingerprint density at radius 3 is 2.58 bits per heavy atom. The van der Waals surface area contributed by atoms with E-state index in [0.29, 0.717) is 35.6 Å². The van der Waals surface area contributed by atoms with Crippen LogP contribution in [-0.2, 0) is 9.59 Å². The molecule has 31 heavy (non-hydrogen) atoms. The monoisotopic (exact) mass is 426 g/mol. The van der Waals surface area contributed by atoms with E-state index in [-0.39, 0.29) is 36.5 Å². The first-order chi connectivity index (χ1) is 14.8. The molecule has 3 amide bonds. The van der Waals surface area contributed by atoms with Gasteiger partial charge in [-0.3, -0.25) is 14.4 Å². The number of anilines is 2. The summed E-state index contributed by atoms with van der Waals surface area (Å²) in [4.78, 5) is 39.9. The van der Waals surface area contributed by atoms with Crippen molar-refractivity contribution in [3.05, 3.63) is 59.4 Å². The van der Waals surface area contributed by atoms with Gasteiger partial charge in [0.05, 0.1) is 23.8 Å². The Balaban J connectivity index is 2.07. The Morgan fingerprint density at radius 1 is 1.23 bits per heavy atom. The summed E-state index contributed by atoms with van der Waals surface area (Å²) in [6.07, 6.45) is 0.295. The molecule has 0 fully saturated rings. The summed E-state index contributed by atoms with van der Waals surface area (Å²) >= 11 is 0. The summed E-state index contributed by atoms with van der Waals surface area (Å²) in [5.41, 5.74) is 7.33. The first-order valence-corrected chi connectivity index (χ1v) is 10.3. The van der Waals surface area contributed by atoms with Crippen molar-refractivity contribution >= 4 is 29.1 Å². The van der Waals surface area contributed by atoms with Crippen LogP contribution >= 0.6 is 0 Å². The van der Waals surface area contributed by atoms with Gasteiger partial charge < -0.3 is 21.3 Å². The quantitative estimate of drug-likeness (QED) is 0.660. The fourth-order valence-electron chi connectivity index (χ4n) is 3.62. The summed E-state index contributed by atoms with van der Waals surface area (Å²) in [5, 5.41) is 5.50. The summed E-state index contributed by atoms with van der Waals surface area (Å²) in [7, 11) is 0. The van der Waals surface area contributed by atoms with E-state index in [1.54, 1.807) is 35.2 Å². The highest BCUT2D eigenvalue weighted by Gasteiger charge is 2.34. The number of nitrogens with zero attached hydrogens (tertiary/aromatic N) is 1. The van der Waals surface area contributed by atoms with Crippen LogP contribution in [0.4, 0.5) is 15.8 Å². The van der Waals surface area contributed by atoms with Crippen molar-refractivity contribution in [1.82, 2.24) is 5.32 Å². The van der Waals surface area contributed by atoms with Crippen LogP contribution in [0, 0.1) is 11.7 Å². The van der Waals surface area contributed by atoms with Gasteiger partial charge in [-0.05, 0) is 41.8 Å². The van der Waals surface area contributed by atoms with Crippen molar-refractivity contribution in [2.24, 2.45) is 11.7 Å². The van der Waals surface area contributed by atoms with Crippen molar-refractivity contribution in [3.8, 4) is 0 Å². The highest BCUT2D eigenvalue weighted by atomic mass is 19.1. The molecule has 3 rings (SSSR count). The van der Waals surface area contributed by atoms with Gasteiger partial charge in [-0.25, -0.2) is 4.39 Å². The van der Waals surface area contributed by atoms with E-state index in [9.17, 15) is 18.8 Å². The number of rotatable bonds is 6. The number of halogens is 1. The number of hydrogen-bond acceptors (Lipinski definition) is 4. The van der Waals surface area contributed by atoms with Gasteiger partial charge in [-0.1, -0.05) is 26.0 Å². The van der Waals surface area contributed by atoms with E-state index in [2.05, 4.69) is 10.6 Å². The predicted molar refractivity (Wildman–Crippen MR) is 117 cm³/mol. The van der Waals surface area contributed by atoms with E-state index in [0.717, 1.165) is 0 Å². The van der Waals surface area contributed by atoms with Gasteiger partial charge in [0.1, 0.15) is 5.82 Å². The van der Waals surface area contributed by atoms with Gasteiger partial charge in [0.25, 0.3) is 5.91 Å². The maximum absolute atomic E-state index is 13.5. The SMILES string of the molecule is CC(C)CC(=O)N1c2ccc(C(=O)NCCN)cc2NC(=O)CC1c1ccc(F)cc1. The number of hydrogen-bond donors (Lipinski definition) is 3. The molecule has 1 aliphatic rings. The lowest BCUT2D eigenvalue weighted by Crippen LogP contribution is -2.36. The smallest absolute Gasteiger partial charge is 0.251 e. The largest absolute Gasteiger partial charge is 0.351 e. The van der Waals surface area contributed by atoms with Crippen LogP contribution in [0.2, 0.25) is 0 Å². The second-order valence-corrected chi connectivity index (χ2v) is 7.96. The lowest BCUT2D eigenvalue weighted by molar-refractivity contribution is -0.120. The standard InChI is InChI=1S/C23H27FN4O3/c1-14(2)11-22(30)28-19-8-5-16(23(31)26-10-9-25)12-18(19)27-21(29)13-20(28)15-3-6-17(24)7-4-15/h3-8,12,14,20H,9-11,13,25H2,1-2H3,(H,26,31)(H,27,29). The summed E-state index contributed by atoms with van der Waals surface area (Å²) in [6.45, 7) is 4.52. The molecular weight excluding hydrogens is 399 g/mol. The van der Waals surface area contributed by atoms with Crippen LogP contribution in [-0.4, -0.2) is 30.8 Å². The molecule has 1 unspecified atom stereocenters. The van der Waals surface area contributed by atoms with Crippen LogP contribution in [0.3, 0.4) is 0 Å². The van der Waals surface area contributed by atoms with Crippen LogP contribution in [0.25, 0.3) is 0 Å². The van der Waals surface area contributed by atoms with Gasteiger partial charge in [-0.2, -0.15) is 0 Å². The number of amides is 3. The van der Waals surface area contributed by atoms with E-state index in [1.807, 2.05) is 13.8 Å². The second kappa shape index (κ2) is 9.70. The highest BCUT2D eigenvalue weighted by molar-refractivity contribution is 6.06. The Bertz CT molecular complexity index is 975. The van der Waals surface area contributed by atoms with Gasteiger partial charge in [0, 0.05) is 25.1 Å². The van der Waals surface area contributed by atoms with Crippen molar-refractivity contribution in [2.45, 2.75) is 32.7 Å². The minimum Gasteiger partial charge on any atom is -0.351 e. The maximum Gasteiger partial charge on any atom is 0.251 e. The molecule has 2 aromatic carbocycles. The third-order valence-electron chi connectivity index (χ3n) is 5.02. The number of fused-ring (bicyclic) bond motifs is 1. The molecule has 1 aliphatic heterocycles. The van der Waals surface area contributed by atoms with E-state index in [4.69, 9.17) is 5.73 Å². The van der Waals surface area contributed by atoms with Crippen LogP contribution in [0.15, 0.2) is 42.5 Å². The minimum atomic E-state index is -0.593. The Hall–Kier alpha value is -3.26. The van der Waals surface area contributed by atoms with Crippen molar-refractivity contribution in [3.63, 3.8) is 0 Å². The highest BCUT2D eigenvalue weighted by Crippen LogP contribution is 2.39. The number of nitrogens with two attached hydrogens (primary N) is 1. The fourth-order valence-corrected chi connectivity index (χ4v) is 3.62. The predicted octanol–water partition coefficient (Wildman–Crippen LogP) is 2.98. The molecular formula is C23H27FN4O3. The van der Waals surface area contributed by atoms with Gasteiger partial charge >= 0.3 is 0 Å². The number of benzene rings is 2. The lowest BCUT2D eigenvalue weighted by atomic mass is 9.99. The molecule has 0 aliphatic carbocycles. The third kappa shape index (κ3) is 5.27. The average Bonchev–Trinajstić information content (AvgIpc) is 2.87. The average molecular weight is 426 g/mol. The molecule has 0 spiro atoms. The summed E-state index contributed by atoms with van der Waals surface area (Å²) < 4.78 is 13.5. The molecule has 7 nitrogen and oxygen atoms in total. The zero-order valence-corrected chi connectivity index (χ0v) is 17.7. The molecule has 2 aromatic rings. The number of carbonyl (C=O) groups excluding carboxylic acids is 3.